The van der Waals surface area contributed by atoms with Crippen molar-refractivity contribution in [2.45, 2.75) is 25.7 Å². The average molecular weight is 346 g/mol. The third-order valence-electron chi connectivity index (χ3n) is 5.71. The van der Waals surface area contributed by atoms with Crippen LogP contribution in [0.2, 0.25) is 0 Å². The van der Waals surface area contributed by atoms with Gasteiger partial charge >= 0.3 is 0 Å². The van der Waals surface area contributed by atoms with Crippen LogP contribution in [0.5, 0.6) is 11.5 Å². The van der Waals surface area contributed by atoms with E-state index in [1.165, 1.54) is 24.0 Å². The minimum Gasteiger partial charge on any atom is -0.497 e. The molecular formula is C24H26O2. The Morgan fingerprint density at radius 1 is 0.654 bits per heavy atom. The number of fused-ring (bicyclic) bond motifs is 1. The largest absolute Gasteiger partial charge is 0.497 e. The molecule has 0 N–H and O–H groups in total. The molecule has 2 aromatic carbocycles. The number of hydrogen-bond donors (Lipinski definition) is 0. The Balaban J connectivity index is 1.44. The van der Waals surface area contributed by atoms with Crippen LogP contribution in [-0.2, 0) is 12.8 Å². The summed E-state index contributed by atoms with van der Waals surface area (Å²) < 4.78 is 10.5. The van der Waals surface area contributed by atoms with Gasteiger partial charge in [0.25, 0.3) is 0 Å². The summed E-state index contributed by atoms with van der Waals surface area (Å²) in [6.07, 6.45) is 9.76. The second kappa shape index (κ2) is 7.41. The Labute approximate surface area is 156 Å². The third-order valence-corrected chi connectivity index (χ3v) is 5.71. The van der Waals surface area contributed by atoms with E-state index in [0.717, 1.165) is 24.3 Å². The second-order valence-electron chi connectivity index (χ2n) is 7.32. The van der Waals surface area contributed by atoms with E-state index in [4.69, 9.17) is 9.47 Å². The van der Waals surface area contributed by atoms with E-state index in [1.54, 1.807) is 25.4 Å². The number of benzene rings is 2. The first kappa shape index (κ1) is 17.0. The van der Waals surface area contributed by atoms with Crippen LogP contribution in [0.4, 0.5) is 0 Å². The van der Waals surface area contributed by atoms with Gasteiger partial charge in [0.1, 0.15) is 11.5 Å². The van der Waals surface area contributed by atoms with Crippen molar-refractivity contribution in [3.8, 4) is 11.5 Å². The van der Waals surface area contributed by atoms with Crippen LogP contribution in [0.15, 0.2) is 71.8 Å². The molecule has 0 heterocycles. The quantitative estimate of drug-likeness (QED) is 0.654. The molecule has 0 aromatic heterocycles. The predicted molar refractivity (Wildman–Crippen MR) is 106 cm³/mol. The first-order valence-electron chi connectivity index (χ1n) is 9.42. The highest BCUT2D eigenvalue weighted by molar-refractivity contribution is 5.39. The zero-order valence-corrected chi connectivity index (χ0v) is 15.6. The van der Waals surface area contributed by atoms with E-state index >= 15 is 0 Å². The molecule has 0 unspecified atom stereocenters. The first-order valence-corrected chi connectivity index (χ1v) is 9.42. The van der Waals surface area contributed by atoms with Gasteiger partial charge in [-0.25, -0.2) is 0 Å². The lowest BCUT2D eigenvalue weighted by atomic mass is 9.70. The summed E-state index contributed by atoms with van der Waals surface area (Å²) in [5, 5.41) is 0. The van der Waals surface area contributed by atoms with Crippen LogP contribution in [0.25, 0.3) is 0 Å². The maximum absolute atomic E-state index is 5.26. The molecule has 2 aromatic rings. The highest BCUT2D eigenvalue weighted by Crippen LogP contribution is 2.42. The van der Waals surface area contributed by atoms with E-state index in [1.807, 2.05) is 0 Å². The van der Waals surface area contributed by atoms with Crippen molar-refractivity contribution in [1.29, 1.82) is 0 Å². The van der Waals surface area contributed by atoms with Gasteiger partial charge in [-0.1, -0.05) is 47.6 Å². The molecule has 2 bridgehead atoms. The fourth-order valence-electron chi connectivity index (χ4n) is 4.21. The lowest BCUT2D eigenvalue weighted by molar-refractivity contribution is 0.414. The van der Waals surface area contributed by atoms with Crippen molar-refractivity contribution >= 4 is 0 Å². The number of hydrogen-bond acceptors (Lipinski definition) is 2. The molecule has 2 heteroatoms. The van der Waals surface area contributed by atoms with E-state index in [2.05, 4.69) is 60.7 Å². The highest BCUT2D eigenvalue weighted by Gasteiger charge is 2.29. The topological polar surface area (TPSA) is 18.5 Å². The number of ether oxygens (including phenoxy) is 2. The Kier molecular flexibility index (Phi) is 4.83. The summed E-state index contributed by atoms with van der Waals surface area (Å²) in [6.45, 7) is 0. The molecule has 0 aliphatic heterocycles. The maximum Gasteiger partial charge on any atom is 0.118 e. The molecule has 0 fully saturated rings. The monoisotopic (exact) mass is 346 g/mol. The summed E-state index contributed by atoms with van der Waals surface area (Å²) in [7, 11) is 3.43. The molecule has 5 rings (SSSR count). The number of allylic oxidation sites excluding steroid dienone is 4. The van der Waals surface area contributed by atoms with Gasteiger partial charge in [-0.15, -0.1) is 0 Å². The van der Waals surface area contributed by atoms with Crippen LogP contribution < -0.4 is 9.47 Å². The first-order chi connectivity index (χ1) is 12.7. The van der Waals surface area contributed by atoms with E-state index in [-0.39, 0.29) is 0 Å². The SMILES string of the molecule is COc1ccc(CC2=C[C@H]3CC[C@@H]2C=C3Cc2ccc(OC)cc2)cc1. The Hall–Kier alpha value is -2.48. The molecule has 0 saturated carbocycles. The zero-order chi connectivity index (χ0) is 17.9. The Morgan fingerprint density at radius 2 is 1.04 bits per heavy atom. The summed E-state index contributed by atoms with van der Waals surface area (Å²) in [5.74, 6) is 3.06. The van der Waals surface area contributed by atoms with Crippen LogP contribution in [0.3, 0.4) is 0 Å². The van der Waals surface area contributed by atoms with Crippen LogP contribution in [0.1, 0.15) is 24.0 Å². The fraction of sp³-hybridized carbons (Fsp3) is 0.333. The van der Waals surface area contributed by atoms with Gasteiger partial charge in [0.2, 0.25) is 0 Å². The van der Waals surface area contributed by atoms with Crippen LogP contribution in [0, 0.1) is 11.8 Å². The minimum atomic E-state index is 0.607. The minimum absolute atomic E-state index is 0.607. The summed E-state index contributed by atoms with van der Waals surface area (Å²) in [4.78, 5) is 0. The van der Waals surface area contributed by atoms with Gasteiger partial charge in [0, 0.05) is 0 Å². The van der Waals surface area contributed by atoms with Crippen LogP contribution in [-0.4, -0.2) is 14.2 Å². The predicted octanol–water partition coefficient (Wildman–Crippen LogP) is 5.38. The molecule has 0 radical (unpaired) electrons. The highest BCUT2D eigenvalue weighted by atomic mass is 16.5. The lowest BCUT2D eigenvalue weighted by Crippen LogP contribution is -2.23. The Bertz CT molecular complexity index is 741. The van der Waals surface area contributed by atoms with E-state index in [0.29, 0.717) is 11.8 Å². The second-order valence-corrected chi connectivity index (χ2v) is 7.32. The van der Waals surface area contributed by atoms with Gasteiger partial charge in [0.05, 0.1) is 14.2 Å². The average Bonchev–Trinajstić information content (AvgIpc) is 2.70. The summed E-state index contributed by atoms with van der Waals surface area (Å²) in [5.41, 5.74) is 5.92. The molecule has 3 aliphatic carbocycles. The standard InChI is InChI=1S/C24H26O2/c1-25-23-9-3-17(4-10-23)13-21-15-20-8-7-19(21)16-22(20)14-18-5-11-24(26-2)12-6-18/h3-6,9-12,15-16,19-20H,7-8,13-14H2,1-2H3/t19-,20-/m1/s1. The molecule has 26 heavy (non-hydrogen) atoms. The van der Waals surface area contributed by atoms with Crippen molar-refractivity contribution < 1.29 is 9.47 Å². The van der Waals surface area contributed by atoms with Crippen molar-refractivity contribution in [2.75, 3.05) is 14.2 Å². The fourth-order valence-corrected chi connectivity index (χ4v) is 4.21. The Morgan fingerprint density at radius 3 is 1.35 bits per heavy atom. The van der Waals surface area contributed by atoms with Gasteiger partial charge in [-0.3, -0.25) is 0 Å². The normalized spacial score (nSPS) is 21.2. The molecule has 2 nitrogen and oxygen atoms in total. The van der Waals surface area contributed by atoms with Crippen molar-refractivity contribution in [2.24, 2.45) is 11.8 Å². The summed E-state index contributed by atoms with van der Waals surface area (Å²) >= 11 is 0. The van der Waals surface area contributed by atoms with Crippen LogP contribution >= 0.6 is 0 Å². The van der Waals surface area contributed by atoms with Gasteiger partial charge in [-0.05, 0) is 72.9 Å². The van der Waals surface area contributed by atoms with Crippen molar-refractivity contribution in [3.05, 3.63) is 83.0 Å². The third kappa shape index (κ3) is 3.55. The van der Waals surface area contributed by atoms with Gasteiger partial charge in [-0.2, -0.15) is 0 Å². The molecule has 0 amide bonds. The number of methoxy groups -OCH3 is 2. The molecule has 0 spiro atoms. The number of rotatable bonds is 6. The van der Waals surface area contributed by atoms with E-state index in [9.17, 15) is 0 Å². The van der Waals surface area contributed by atoms with Crippen molar-refractivity contribution in [3.63, 3.8) is 0 Å². The maximum atomic E-state index is 5.26. The van der Waals surface area contributed by atoms with Crippen molar-refractivity contribution in [1.82, 2.24) is 0 Å². The zero-order valence-electron chi connectivity index (χ0n) is 15.6. The molecule has 0 saturated heterocycles. The smallest absolute Gasteiger partial charge is 0.118 e. The molecule has 3 aliphatic rings. The van der Waals surface area contributed by atoms with Gasteiger partial charge in [0.15, 0.2) is 0 Å². The van der Waals surface area contributed by atoms with Gasteiger partial charge < -0.3 is 9.47 Å². The lowest BCUT2D eigenvalue weighted by Gasteiger charge is -2.35. The molecule has 2 atom stereocenters. The molecule has 134 valence electrons. The van der Waals surface area contributed by atoms with E-state index < -0.39 is 0 Å². The molecular weight excluding hydrogens is 320 g/mol. The summed E-state index contributed by atoms with van der Waals surface area (Å²) in [6, 6.07) is 17.0.